The highest BCUT2D eigenvalue weighted by Crippen LogP contribution is 2.18. The first-order valence-corrected chi connectivity index (χ1v) is 6.85. The lowest BCUT2D eigenvalue weighted by Gasteiger charge is -2.07. The Morgan fingerprint density at radius 2 is 2.32 bits per heavy atom. The number of hydrogen-bond acceptors (Lipinski definition) is 4. The normalized spacial score (nSPS) is 13.9. The van der Waals surface area contributed by atoms with E-state index in [-0.39, 0.29) is 5.91 Å². The summed E-state index contributed by atoms with van der Waals surface area (Å²) in [5.74, 6) is 0.863. The van der Waals surface area contributed by atoms with Crippen LogP contribution in [0.5, 0.6) is 0 Å². The van der Waals surface area contributed by atoms with Crippen LogP contribution in [0.4, 0.5) is 5.82 Å². The molecule has 0 atom stereocenters. The maximum atomic E-state index is 11.5. The van der Waals surface area contributed by atoms with Gasteiger partial charge in [0.1, 0.15) is 10.8 Å². The molecule has 0 unspecified atom stereocenters. The van der Waals surface area contributed by atoms with Crippen molar-refractivity contribution in [3.63, 3.8) is 0 Å². The molecule has 1 aromatic heterocycles. The monoisotopic (exact) mass is 278 g/mol. The molecule has 0 radical (unpaired) electrons. The summed E-state index contributed by atoms with van der Waals surface area (Å²) in [5, 5.41) is 6.12. The van der Waals surface area contributed by atoms with Gasteiger partial charge in [0.2, 0.25) is 5.91 Å². The molecule has 6 heteroatoms. The highest BCUT2D eigenvalue weighted by molar-refractivity contribution is 7.80. The van der Waals surface area contributed by atoms with E-state index in [0.29, 0.717) is 24.0 Å². The highest BCUT2D eigenvalue weighted by atomic mass is 32.1. The standard InChI is InChI=1S/C13H18N4OS/c14-13(19)9-5-7-16-11(8-9)15-6-1-2-12(18)17-10-3-4-10/h5,7-8,10H,1-4,6H2,(H2,14,19)(H,15,16)(H,17,18). The molecule has 1 amide bonds. The Labute approximate surface area is 118 Å². The van der Waals surface area contributed by atoms with E-state index in [1.165, 1.54) is 0 Å². The summed E-state index contributed by atoms with van der Waals surface area (Å²) in [5.41, 5.74) is 6.34. The number of nitrogens with one attached hydrogen (secondary N) is 2. The van der Waals surface area contributed by atoms with Gasteiger partial charge in [-0.25, -0.2) is 4.98 Å². The molecule has 0 spiro atoms. The molecule has 0 aromatic carbocycles. The number of carbonyl (C=O) groups is 1. The largest absolute Gasteiger partial charge is 0.389 e. The number of amides is 1. The van der Waals surface area contributed by atoms with Gasteiger partial charge in [-0.2, -0.15) is 0 Å². The zero-order valence-electron chi connectivity index (χ0n) is 10.7. The van der Waals surface area contributed by atoms with E-state index in [1.807, 2.05) is 6.07 Å². The lowest BCUT2D eigenvalue weighted by molar-refractivity contribution is -0.121. The van der Waals surface area contributed by atoms with Gasteiger partial charge in [-0.3, -0.25) is 4.79 Å². The smallest absolute Gasteiger partial charge is 0.220 e. The number of anilines is 1. The van der Waals surface area contributed by atoms with Gasteiger partial charge in [0.05, 0.1) is 0 Å². The third-order valence-corrected chi connectivity index (χ3v) is 3.11. The van der Waals surface area contributed by atoms with E-state index in [1.54, 1.807) is 12.3 Å². The van der Waals surface area contributed by atoms with Crippen LogP contribution in [-0.4, -0.2) is 28.5 Å². The Bertz CT molecular complexity index is 473. The van der Waals surface area contributed by atoms with Gasteiger partial charge in [0.25, 0.3) is 0 Å². The third-order valence-electron chi connectivity index (χ3n) is 2.87. The number of aromatic nitrogens is 1. The molecule has 1 aliphatic carbocycles. The lowest BCUT2D eigenvalue weighted by atomic mass is 10.2. The molecular formula is C13H18N4OS. The van der Waals surface area contributed by atoms with Crippen molar-refractivity contribution < 1.29 is 4.79 Å². The summed E-state index contributed by atoms with van der Waals surface area (Å²) in [4.78, 5) is 16.0. The van der Waals surface area contributed by atoms with Gasteiger partial charge in [0, 0.05) is 30.8 Å². The molecule has 0 bridgehead atoms. The Hall–Kier alpha value is -1.69. The van der Waals surface area contributed by atoms with Crippen LogP contribution < -0.4 is 16.4 Å². The number of thiocarbonyl (C=S) groups is 1. The van der Waals surface area contributed by atoms with Gasteiger partial charge in [0.15, 0.2) is 0 Å². The zero-order valence-corrected chi connectivity index (χ0v) is 11.5. The predicted octanol–water partition coefficient (Wildman–Crippen LogP) is 1.19. The molecule has 1 aromatic rings. The zero-order chi connectivity index (χ0) is 13.7. The molecule has 1 aliphatic rings. The van der Waals surface area contributed by atoms with Gasteiger partial charge >= 0.3 is 0 Å². The van der Waals surface area contributed by atoms with Crippen molar-refractivity contribution in [2.24, 2.45) is 5.73 Å². The first-order valence-electron chi connectivity index (χ1n) is 6.44. The van der Waals surface area contributed by atoms with E-state index in [4.69, 9.17) is 18.0 Å². The quantitative estimate of drug-likeness (QED) is 0.515. The Kier molecular flexibility index (Phi) is 4.68. The van der Waals surface area contributed by atoms with Crippen molar-refractivity contribution in [1.29, 1.82) is 0 Å². The number of pyridine rings is 1. The molecule has 5 nitrogen and oxygen atoms in total. The van der Waals surface area contributed by atoms with Crippen molar-refractivity contribution in [1.82, 2.24) is 10.3 Å². The van der Waals surface area contributed by atoms with Crippen molar-refractivity contribution in [3.8, 4) is 0 Å². The molecule has 19 heavy (non-hydrogen) atoms. The fourth-order valence-electron chi connectivity index (χ4n) is 1.67. The van der Waals surface area contributed by atoms with Crippen molar-refractivity contribution in [3.05, 3.63) is 23.9 Å². The summed E-state index contributed by atoms with van der Waals surface area (Å²) in [6.07, 6.45) is 5.23. The summed E-state index contributed by atoms with van der Waals surface area (Å²) in [6, 6.07) is 4.02. The molecule has 0 saturated heterocycles. The van der Waals surface area contributed by atoms with Gasteiger partial charge in [-0.15, -0.1) is 0 Å². The van der Waals surface area contributed by atoms with Crippen LogP contribution in [0.25, 0.3) is 0 Å². The third kappa shape index (κ3) is 4.82. The van der Waals surface area contributed by atoms with E-state index in [9.17, 15) is 4.79 Å². The molecule has 1 saturated carbocycles. The fourth-order valence-corrected chi connectivity index (χ4v) is 1.80. The molecule has 2 rings (SSSR count). The van der Waals surface area contributed by atoms with Gasteiger partial charge in [-0.1, -0.05) is 12.2 Å². The Morgan fingerprint density at radius 3 is 3.00 bits per heavy atom. The second-order valence-electron chi connectivity index (χ2n) is 4.67. The fraction of sp³-hybridized carbons (Fsp3) is 0.462. The van der Waals surface area contributed by atoms with Crippen LogP contribution in [0.2, 0.25) is 0 Å². The number of hydrogen-bond donors (Lipinski definition) is 3. The minimum absolute atomic E-state index is 0.133. The van der Waals surface area contributed by atoms with Gasteiger partial charge < -0.3 is 16.4 Å². The molecular weight excluding hydrogens is 260 g/mol. The Morgan fingerprint density at radius 1 is 1.53 bits per heavy atom. The molecule has 1 heterocycles. The summed E-state index contributed by atoms with van der Waals surface area (Å²) < 4.78 is 0. The Balaban J connectivity index is 1.68. The predicted molar refractivity (Wildman–Crippen MR) is 79.0 cm³/mol. The first kappa shape index (κ1) is 13.7. The van der Waals surface area contributed by atoms with Gasteiger partial charge in [-0.05, 0) is 31.4 Å². The summed E-state index contributed by atoms with van der Waals surface area (Å²) in [7, 11) is 0. The van der Waals surface area contributed by atoms with E-state index in [2.05, 4.69) is 15.6 Å². The minimum Gasteiger partial charge on any atom is -0.389 e. The molecule has 102 valence electrons. The summed E-state index contributed by atoms with van der Waals surface area (Å²) in [6.45, 7) is 0.700. The van der Waals surface area contributed by atoms with E-state index < -0.39 is 0 Å². The number of nitrogens with two attached hydrogens (primary N) is 1. The maximum absolute atomic E-state index is 11.5. The van der Waals surface area contributed by atoms with Crippen molar-refractivity contribution >= 4 is 28.9 Å². The van der Waals surface area contributed by atoms with Crippen molar-refractivity contribution in [2.75, 3.05) is 11.9 Å². The van der Waals surface area contributed by atoms with Crippen LogP contribution in [0.1, 0.15) is 31.2 Å². The molecule has 4 N–H and O–H groups in total. The number of rotatable bonds is 7. The van der Waals surface area contributed by atoms with E-state index >= 15 is 0 Å². The topological polar surface area (TPSA) is 80.0 Å². The summed E-state index contributed by atoms with van der Waals surface area (Å²) >= 11 is 4.91. The van der Waals surface area contributed by atoms with Crippen molar-refractivity contribution in [2.45, 2.75) is 31.7 Å². The lowest BCUT2D eigenvalue weighted by Crippen LogP contribution is -2.25. The average Bonchev–Trinajstić information content (AvgIpc) is 3.19. The molecule has 0 aliphatic heterocycles. The van der Waals surface area contributed by atoms with E-state index in [0.717, 1.165) is 30.6 Å². The highest BCUT2D eigenvalue weighted by Gasteiger charge is 2.22. The second kappa shape index (κ2) is 6.47. The average molecular weight is 278 g/mol. The number of carbonyl (C=O) groups excluding carboxylic acids is 1. The first-order chi connectivity index (χ1) is 9.15. The minimum atomic E-state index is 0.133. The van der Waals surface area contributed by atoms with Crippen LogP contribution in [0.15, 0.2) is 18.3 Å². The van der Waals surface area contributed by atoms with Crippen LogP contribution in [-0.2, 0) is 4.79 Å². The van der Waals surface area contributed by atoms with Crippen LogP contribution in [0.3, 0.4) is 0 Å². The second-order valence-corrected chi connectivity index (χ2v) is 5.11. The maximum Gasteiger partial charge on any atom is 0.220 e. The molecule has 1 fully saturated rings. The SMILES string of the molecule is NC(=S)c1ccnc(NCCCC(=O)NC2CC2)c1. The number of nitrogens with zero attached hydrogens (tertiary/aromatic N) is 1. The van der Waals surface area contributed by atoms with Crippen LogP contribution in [0, 0.1) is 0 Å². The van der Waals surface area contributed by atoms with Crippen LogP contribution >= 0.6 is 12.2 Å².